The van der Waals surface area contributed by atoms with Crippen molar-refractivity contribution in [2.24, 2.45) is 0 Å². The van der Waals surface area contributed by atoms with E-state index in [9.17, 15) is 14.7 Å². The molecular weight excluding hydrogens is 354 g/mol. The van der Waals surface area contributed by atoms with Gasteiger partial charge in [0.15, 0.2) is 6.10 Å². The van der Waals surface area contributed by atoms with Crippen LogP contribution in [0.25, 0.3) is 0 Å². The third-order valence-corrected chi connectivity index (χ3v) is 3.96. The normalized spacial score (nSPS) is 13.6. The van der Waals surface area contributed by atoms with Crippen LogP contribution in [0.1, 0.15) is 64.7 Å². The van der Waals surface area contributed by atoms with E-state index in [-0.39, 0.29) is 12.4 Å². The molecule has 0 saturated carbocycles. The van der Waals surface area contributed by atoms with Crippen molar-refractivity contribution in [1.82, 2.24) is 0 Å². The van der Waals surface area contributed by atoms with Crippen LogP contribution in [0, 0.1) is 0 Å². The molecule has 0 aromatic rings. The smallest absolute Gasteiger partial charge is 0.306 e. The number of hydrogen-bond acceptors (Lipinski definition) is 4. The van der Waals surface area contributed by atoms with Gasteiger partial charge in [0.2, 0.25) is 0 Å². The van der Waals surface area contributed by atoms with Crippen molar-refractivity contribution >= 4 is 11.9 Å². The van der Waals surface area contributed by atoms with E-state index in [0.29, 0.717) is 23.9 Å². The Morgan fingerprint density at radius 2 is 1.46 bits per heavy atom. The molecule has 0 aliphatic carbocycles. The third-order valence-electron chi connectivity index (χ3n) is 3.96. The zero-order valence-electron chi connectivity index (χ0n) is 18.2. The summed E-state index contributed by atoms with van der Waals surface area (Å²) in [7, 11) is 5.79. The number of likely N-dealkylation sites (N-methyl/N-ethyl adjacent to an activating group) is 1. The van der Waals surface area contributed by atoms with Crippen molar-refractivity contribution in [3.05, 3.63) is 36.5 Å². The lowest BCUT2D eigenvalue weighted by Crippen LogP contribution is -2.45. The average Bonchev–Trinajstić information content (AvgIpc) is 2.56. The van der Waals surface area contributed by atoms with Crippen LogP contribution in [0.5, 0.6) is 0 Å². The van der Waals surface area contributed by atoms with Crippen molar-refractivity contribution in [3.63, 3.8) is 0 Å². The number of nitrogens with zero attached hydrogens (tertiary/aromatic N) is 1. The van der Waals surface area contributed by atoms with E-state index in [1.54, 1.807) is 0 Å². The molecule has 0 amide bonds. The van der Waals surface area contributed by atoms with E-state index in [2.05, 4.69) is 43.4 Å². The van der Waals surface area contributed by atoms with Gasteiger partial charge in [-0.2, -0.15) is 0 Å². The lowest BCUT2D eigenvalue weighted by Gasteiger charge is -2.29. The molecule has 1 atom stereocenters. The van der Waals surface area contributed by atoms with Crippen molar-refractivity contribution < 1.29 is 23.9 Å². The van der Waals surface area contributed by atoms with Crippen LogP contribution in [0.2, 0.25) is 0 Å². The van der Waals surface area contributed by atoms with Gasteiger partial charge in [-0.05, 0) is 32.1 Å². The molecule has 0 fully saturated rings. The maximum Gasteiger partial charge on any atom is 0.306 e. The summed E-state index contributed by atoms with van der Waals surface area (Å²) < 4.78 is 5.85. The Balaban J connectivity index is 3.93. The standard InChI is InChI=1S/C23H39NO4/c1-5-6-7-8-9-10-11-12-13-14-15-16-17-18-23(27)28-21(19-22(25)26)20-24(2,3)4/h8-9,11-12,14-15,21H,5-7,10,13,16-20H2,1-4H3/b9-8+,12-11+,15-14+. The van der Waals surface area contributed by atoms with Gasteiger partial charge >= 0.3 is 5.97 Å². The van der Waals surface area contributed by atoms with Gasteiger partial charge in [-0.15, -0.1) is 0 Å². The maximum absolute atomic E-state index is 11.9. The second-order valence-electron chi connectivity index (χ2n) is 8.08. The number of carboxylic acids is 1. The van der Waals surface area contributed by atoms with E-state index < -0.39 is 12.1 Å². The van der Waals surface area contributed by atoms with Crippen LogP contribution >= 0.6 is 0 Å². The highest BCUT2D eigenvalue weighted by Gasteiger charge is 2.22. The van der Waals surface area contributed by atoms with Crippen molar-refractivity contribution in [3.8, 4) is 0 Å². The monoisotopic (exact) mass is 393 g/mol. The van der Waals surface area contributed by atoms with Gasteiger partial charge in [0.05, 0.1) is 21.1 Å². The minimum atomic E-state index is -1.20. The Kier molecular flexibility index (Phi) is 15.0. The van der Waals surface area contributed by atoms with Gasteiger partial charge in [-0.3, -0.25) is 4.79 Å². The van der Waals surface area contributed by atoms with Crippen molar-refractivity contribution in [2.45, 2.75) is 70.8 Å². The molecule has 0 radical (unpaired) electrons. The zero-order chi connectivity index (χ0) is 21.3. The predicted molar refractivity (Wildman–Crippen MR) is 112 cm³/mol. The van der Waals surface area contributed by atoms with Gasteiger partial charge in [0, 0.05) is 18.8 Å². The van der Waals surface area contributed by atoms with E-state index >= 15 is 0 Å². The second-order valence-corrected chi connectivity index (χ2v) is 8.08. The molecule has 0 spiro atoms. The molecule has 5 nitrogen and oxygen atoms in total. The van der Waals surface area contributed by atoms with E-state index in [1.807, 2.05) is 21.1 Å². The van der Waals surface area contributed by atoms with Crippen LogP contribution in [0.15, 0.2) is 36.5 Å². The van der Waals surface area contributed by atoms with Crippen LogP contribution in [-0.4, -0.2) is 50.2 Å². The van der Waals surface area contributed by atoms with Crippen molar-refractivity contribution in [2.75, 3.05) is 27.7 Å². The highest BCUT2D eigenvalue weighted by Crippen LogP contribution is 2.08. The minimum absolute atomic E-state index is 0.263. The summed E-state index contributed by atoms with van der Waals surface area (Å²) in [5.41, 5.74) is 0. The zero-order valence-corrected chi connectivity index (χ0v) is 18.2. The Morgan fingerprint density at radius 1 is 0.929 bits per heavy atom. The summed E-state index contributed by atoms with van der Waals surface area (Å²) in [5.74, 6) is -1.54. The summed E-state index contributed by atoms with van der Waals surface area (Å²) >= 11 is 0. The van der Waals surface area contributed by atoms with Gasteiger partial charge in [0.25, 0.3) is 0 Å². The molecule has 1 unspecified atom stereocenters. The fourth-order valence-electron chi connectivity index (χ4n) is 2.65. The molecule has 0 N–H and O–H groups in total. The molecule has 5 heteroatoms. The number of carbonyl (C=O) groups is 2. The average molecular weight is 394 g/mol. The first kappa shape index (κ1) is 26.1. The molecule has 0 aliphatic rings. The van der Waals surface area contributed by atoms with Gasteiger partial charge in [-0.25, -0.2) is 0 Å². The molecule has 0 bridgehead atoms. The number of quaternary nitrogens is 1. The highest BCUT2D eigenvalue weighted by atomic mass is 16.5. The molecule has 0 aromatic heterocycles. The lowest BCUT2D eigenvalue weighted by atomic mass is 10.2. The number of carbonyl (C=O) groups excluding carboxylic acids is 2. The highest BCUT2D eigenvalue weighted by molar-refractivity contribution is 5.70. The molecular formula is C23H39NO4. The Hall–Kier alpha value is -1.88. The minimum Gasteiger partial charge on any atom is -0.550 e. The third kappa shape index (κ3) is 18.9. The van der Waals surface area contributed by atoms with Crippen LogP contribution in [0.3, 0.4) is 0 Å². The fraction of sp³-hybridized carbons (Fsp3) is 0.652. The molecule has 0 saturated heterocycles. The summed E-state index contributed by atoms with van der Waals surface area (Å²) in [5, 5.41) is 10.8. The summed E-state index contributed by atoms with van der Waals surface area (Å²) in [6.45, 7) is 2.64. The van der Waals surface area contributed by atoms with Gasteiger partial charge < -0.3 is 19.1 Å². The maximum atomic E-state index is 11.9. The largest absolute Gasteiger partial charge is 0.550 e. The second kappa shape index (κ2) is 16.1. The summed E-state index contributed by atoms with van der Waals surface area (Å²) in [6, 6.07) is 0. The Labute approximate surface area is 171 Å². The molecule has 0 heterocycles. The predicted octanol–water partition coefficient (Wildman–Crippen LogP) is 3.55. The summed E-state index contributed by atoms with van der Waals surface area (Å²) in [4.78, 5) is 22.8. The lowest BCUT2D eigenvalue weighted by molar-refractivity contribution is -0.873. The number of ether oxygens (including phenoxy) is 1. The number of hydrogen-bond donors (Lipinski definition) is 0. The molecule has 0 rings (SSSR count). The fourth-order valence-corrected chi connectivity index (χ4v) is 2.65. The Bertz CT molecular complexity index is 515. The Morgan fingerprint density at radius 3 is 1.96 bits per heavy atom. The van der Waals surface area contributed by atoms with Crippen molar-refractivity contribution in [1.29, 1.82) is 0 Å². The number of rotatable bonds is 16. The van der Waals surface area contributed by atoms with Crippen LogP contribution in [0.4, 0.5) is 0 Å². The number of carboxylic acid groups (broad SMARTS) is 1. The van der Waals surface area contributed by atoms with Gasteiger partial charge in [0.1, 0.15) is 6.54 Å². The first-order valence-electron chi connectivity index (χ1n) is 10.4. The van der Waals surface area contributed by atoms with Crippen LogP contribution in [-0.2, 0) is 14.3 Å². The number of esters is 1. The molecule has 160 valence electrons. The molecule has 0 aromatic carbocycles. The quantitative estimate of drug-likeness (QED) is 0.174. The van der Waals surface area contributed by atoms with E-state index in [1.165, 1.54) is 12.8 Å². The molecule has 28 heavy (non-hydrogen) atoms. The SMILES string of the molecule is CCCC/C=C/C/C=C/C/C=C/CCCC(=O)OC(CC(=O)[O-])C[N+](C)(C)C. The number of unbranched alkanes of at least 4 members (excludes halogenated alkanes) is 3. The van der Waals surface area contributed by atoms with Gasteiger partial charge in [-0.1, -0.05) is 56.2 Å². The number of allylic oxidation sites excluding steroid dienone is 6. The summed E-state index contributed by atoms with van der Waals surface area (Å²) in [6.07, 6.45) is 19.3. The van der Waals surface area contributed by atoms with E-state index in [0.717, 1.165) is 25.7 Å². The number of aliphatic carboxylic acids is 1. The van der Waals surface area contributed by atoms with Crippen LogP contribution < -0.4 is 5.11 Å². The topological polar surface area (TPSA) is 66.4 Å². The molecule has 0 aliphatic heterocycles. The first-order valence-corrected chi connectivity index (χ1v) is 10.4. The first-order chi connectivity index (χ1) is 13.2. The van der Waals surface area contributed by atoms with E-state index in [4.69, 9.17) is 4.74 Å².